The number of rotatable bonds is 3. The molecule has 8 heteroatoms. The van der Waals surface area contributed by atoms with E-state index in [1.54, 1.807) is 11.3 Å². The largest absolute Gasteiger partial charge is 0.367 e. The molecule has 1 saturated heterocycles. The smallest absolute Gasteiger partial charge is 0.194 e. The van der Waals surface area contributed by atoms with E-state index < -0.39 is 0 Å². The van der Waals surface area contributed by atoms with Crippen molar-refractivity contribution < 1.29 is 0 Å². The maximum absolute atomic E-state index is 6.32. The SMILES string of the molecule is CN=C(NCc1nc(C)c(C)s1)N1CCN(c2ccccc2Cl)CC1.I. The van der Waals surface area contributed by atoms with Crippen molar-refractivity contribution >= 4 is 58.6 Å². The van der Waals surface area contributed by atoms with Crippen LogP contribution in [0.2, 0.25) is 5.02 Å². The third-order valence-electron chi connectivity index (χ3n) is 4.45. The number of anilines is 1. The van der Waals surface area contributed by atoms with Gasteiger partial charge in [-0.3, -0.25) is 4.99 Å². The van der Waals surface area contributed by atoms with Crippen LogP contribution in [0.5, 0.6) is 0 Å². The van der Waals surface area contributed by atoms with Crippen molar-refractivity contribution in [3.63, 3.8) is 0 Å². The minimum absolute atomic E-state index is 0. The zero-order valence-corrected chi connectivity index (χ0v) is 19.2. The van der Waals surface area contributed by atoms with Crippen molar-refractivity contribution in [2.75, 3.05) is 38.1 Å². The van der Waals surface area contributed by atoms with E-state index >= 15 is 0 Å². The molecule has 0 atom stereocenters. The van der Waals surface area contributed by atoms with E-state index in [2.05, 4.69) is 45.0 Å². The number of hydrogen-bond acceptors (Lipinski definition) is 4. The maximum atomic E-state index is 6.32. The highest BCUT2D eigenvalue weighted by molar-refractivity contribution is 14.0. The van der Waals surface area contributed by atoms with Crippen molar-refractivity contribution in [3.8, 4) is 0 Å². The van der Waals surface area contributed by atoms with Crippen LogP contribution in [0.25, 0.3) is 0 Å². The van der Waals surface area contributed by atoms with Gasteiger partial charge in [0.2, 0.25) is 0 Å². The lowest BCUT2D eigenvalue weighted by molar-refractivity contribution is 0.372. The van der Waals surface area contributed by atoms with Crippen LogP contribution >= 0.6 is 46.9 Å². The Balaban J connectivity index is 0.00000243. The van der Waals surface area contributed by atoms with Crippen LogP contribution in [0.3, 0.4) is 0 Å². The third kappa shape index (κ3) is 5.01. The first-order valence-corrected chi connectivity index (χ1v) is 9.66. The minimum Gasteiger partial charge on any atom is -0.367 e. The Morgan fingerprint density at radius 3 is 2.50 bits per heavy atom. The predicted octanol–water partition coefficient (Wildman–Crippen LogP) is 3.93. The summed E-state index contributed by atoms with van der Waals surface area (Å²) in [4.78, 5) is 14.9. The second kappa shape index (κ2) is 9.75. The maximum Gasteiger partial charge on any atom is 0.194 e. The lowest BCUT2D eigenvalue weighted by Gasteiger charge is -2.38. The molecule has 142 valence electrons. The first-order valence-electron chi connectivity index (χ1n) is 8.46. The highest BCUT2D eigenvalue weighted by Crippen LogP contribution is 2.26. The molecule has 0 radical (unpaired) electrons. The molecule has 1 aromatic carbocycles. The van der Waals surface area contributed by atoms with Crippen molar-refractivity contribution in [2.45, 2.75) is 20.4 Å². The van der Waals surface area contributed by atoms with Crippen LogP contribution in [-0.4, -0.2) is 49.1 Å². The van der Waals surface area contributed by atoms with Crippen LogP contribution in [0.1, 0.15) is 15.6 Å². The molecule has 0 saturated carbocycles. The second-order valence-electron chi connectivity index (χ2n) is 6.08. The number of aromatic nitrogens is 1. The standard InChI is InChI=1S/C18H24ClN5S.HI/c1-13-14(2)25-17(22-13)12-21-18(20-3)24-10-8-23(9-11-24)16-7-5-4-6-15(16)19;/h4-7H,8-12H2,1-3H3,(H,20,21);1H. The van der Waals surface area contributed by atoms with Crippen molar-refractivity contribution in [1.29, 1.82) is 0 Å². The Labute approximate surface area is 181 Å². The number of aryl methyl sites for hydroxylation is 2. The molecule has 1 aromatic heterocycles. The van der Waals surface area contributed by atoms with Gasteiger partial charge in [0, 0.05) is 38.1 Å². The molecule has 26 heavy (non-hydrogen) atoms. The quantitative estimate of drug-likeness (QED) is 0.390. The van der Waals surface area contributed by atoms with E-state index in [4.69, 9.17) is 11.6 Å². The van der Waals surface area contributed by atoms with E-state index in [0.29, 0.717) is 0 Å². The van der Waals surface area contributed by atoms with Crippen molar-refractivity contribution in [1.82, 2.24) is 15.2 Å². The van der Waals surface area contributed by atoms with E-state index in [9.17, 15) is 0 Å². The number of piperazine rings is 1. The number of aliphatic imine (C=N–C) groups is 1. The molecule has 1 aliphatic heterocycles. The monoisotopic (exact) mass is 505 g/mol. The van der Waals surface area contributed by atoms with E-state index in [1.807, 2.05) is 25.2 Å². The van der Waals surface area contributed by atoms with Crippen LogP contribution in [0, 0.1) is 13.8 Å². The Morgan fingerprint density at radius 1 is 1.23 bits per heavy atom. The lowest BCUT2D eigenvalue weighted by atomic mass is 10.2. The summed E-state index contributed by atoms with van der Waals surface area (Å²) < 4.78 is 0. The summed E-state index contributed by atoms with van der Waals surface area (Å²) in [6, 6.07) is 8.03. The number of para-hydroxylation sites is 1. The predicted molar refractivity (Wildman–Crippen MR) is 122 cm³/mol. The minimum atomic E-state index is 0. The van der Waals surface area contributed by atoms with Gasteiger partial charge in [-0.1, -0.05) is 23.7 Å². The van der Waals surface area contributed by atoms with Crippen molar-refractivity contribution in [3.05, 3.63) is 44.9 Å². The lowest BCUT2D eigenvalue weighted by Crippen LogP contribution is -2.52. The van der Waals surface area contributed by atoms with Gasteiger partial charge in [-0.2, -0.15) is 0 Å². The summed E-state index contributed by atoms with van der Waals surface area (Å²) in [6.45, 7) is 8.58. The molecule has 3 rings (SSSR count). The van der Waals surface area contributed by atoms with Crippen molar-refractivity contribution in [2.24, 2.45) is 4.99 Å². The molecule has 0 amide bonds. The highest BCUT2D eigenvalue weighted by atomic mass is 127. The number of thiazole rings is 1. The van der Waals surface area contributed by atoms with Gasteiger partial charge in [-0.15, -0.1) is 35.3 Å². The van der Waals surface area contributed by atoms with Gasteiger partial charge in [-0.25, -0.2) is 4.98 Å². The number of hydrogen-bond donors (Lipinski definition) is 1. The molecule has 1 fully saturated rings. The summed E-state index contributed by atoms with van der Waals surface area (Å²) in [5.74, 6) is 0.935. The molecule has 1 N–H and O–H groups in total. The number of guanidine groups is 1. The zero-order chi connectivity index (χ0) is 17.8. The number of benzene rings is 1. The first kappa shape index (κ1) is 21.2. The summed E-state index contributed by atoms with van der Waals surface area (Å²) in [5.41, 5.74) is 2.23. The molecule has 0 unspecified atom stereocenters. The summed E-state index contributed by atoms with van der Waals surface area (Å²) in [7, 11) is 1.83. The fourth-order valence-electron chi connectivity index (χ4n) is 2.97. The summed E-state index contributed by atoms with van der Waals surface area (Å²) >= 11 is 8.06. The fraction of sp³-hybridized carbons (Fsp3) is 0.444. The van der Waals surface area contributed by atoms with Crippen LogP contribution < -0.4 is 10.2 Å². The molecule has 0 spiro atoms. The van der Waals surface area contributed by atoms with Gasteiger partial charge in [0.1, 0.15) is 5.01 Å². The normalized spacial score (nSPS) is 15.0. The first-order chi connectivity index (χ1) is 12.1. The Morgan fingerprint density at radius 2 is 1.92 bits per heavy atom. The van der Waals surface area contributed by atoms with Crippen LogP contribution in [-0.2, 0) is 6.54 Å². The van der Waals surface area contributed by atoms with Gasteiger partial charge < -0.3 is 15.1 Å². The molecule has 2 aromatic rings. The van der Waals surface area contributed by atoms with Crippen LogP contribution in [0.15, 0.2) is 29.3 Å². The highest BCUT2D eigenvalue weighted by Gasteiger charge is 2.21. The van der Waals surface area contributed by atoms with E-state index in [0.717, 1.165) is 60.1 Å². The molecular formula is C18H25ClIN5S. The Bertz CT molecular complexity index is 736. The Kier molecular flexibility index (Phi) is 7.97. The molecule has 5 nitrogen and oxygen atoms in total. The van der Waals surface area contributed by atoms with E-state index in [-0.39, 0.29) is 24.0 Å². The number of nitrogens with one attached hydrogen (secondary N) is 1. The average Bonchev–Trinajstić information content (AvgIpc) is 2.94. The molecule has 2 heterocycles. The molecular weight excluding hydrogens is 481 g/mol. The summed E-state index contributed by atoms with van der Waals surface area (Å²) in [6.07, 6.45) is 0. The van der Waals surface area contributed by atoms with Gasteiger partial charge in [-0.05, 0) is 26.0 Å². The van der Waals surface area contributed by atoms with E-state index in [1.165, 1.54) is 4.88 Å². The average molecular weight is 506 g/mol. The fourth-order valence-corrected chi connectivity index (χ4v) is 4.10. The van der Waals surface area contributed by atoms with Gasteiger partial charge >= 0.3 is 0 Å². The van der Waals surface area contributed by atoms with Gasteiger partial charge in [0.25, 0.3) is 0 Å². The summed E-state index contributed by atoms with van der Waals surface area (Å²) in [5, 5.41) is 5.36. The number of nitrogens with zero attached hydrogens (tertiary/aromatic N) is 4. The second-order valence-corrected chi connectivity index (χ2v) is 7.77. The molecule has 1 aliphatic rings. The van der Waals surface area contributed by atoms with Gasteiger partial charge in [0.15, 0.2) is 5.96 Å². The third-order valence-corrected chi connectivity index (χ3v) is 5.85. The zero-order valence-electron chi connectivity index (χ0n) is 15.3. The Hall–Kier alpha value is -1.06. The number of halogens is 2. The van der Waals surface area contributed by atoms with Crippen LogP contribution in [0.4, 0.5) is 5.69 Å². The molecule has 0 aliphatic carbocycles. The topological polar surface area (TPSA) is 43.8 Å². The molecule has 0 bridgehead atoms. The van der Waals surface area contributed by atoms with Gasteiger partial charge in [0.05, 0.1) is 22.9 Å².